The van der Waals surface area contributed by atoms with Crippen LogP contribution in [0.2, 0.25) is 0 Å². The van der Waals surface area contributed by atoms with Gasteiger partial charge in [-0.05, 0) is 42.7 Å². The molecule has 1 rings (SSSR count). The number of Topliss-reactive ketones (excluding diaryl/α,β-unsaturated/α-hetero) is 1. The minimum atomic E-state index is -0.929. The molecule has 0 saturated carbocycles. The van der Waals surface area contributed by atoms with Gasteiger partial charge in [0.25, 0.3) is 0 Å². The highest BCUT2D eigenvalue weighted by Crippen LogP contribution is 2.11. The summed E-state index contributed by atoms with van der Waals surface area (Å²) >= 11 is 1.58. The van der Waals surface area contributed by atoms with Crippen LogP contribution in [-0.2, 0) is 4.79 Å². The number of halogens is 1. The number of thioether (sulfide) groups is 1. The van der Waals surface area contributed by atoms with E-state index in [1.165, 1.54) is 0 Å². The Kier molecular flexibility index (Phi) is 13.4. The predicted molar refractivity (Wildman–Crippen MR) is 97.4 cm³/mol. The van der Waals surface area contributed by atoms with E-state index in [0.29, 0.717) is 17.7 Å². The minimum absolute atomic E-state index is 0. The lowest BCUT2D eigenvalue weighted by atomic mass is 10.1. The lowest BCUT2D eigenvalue weighted by Gasteiger charge is -2.13. The number of nitrogens with one attached hydrogen (secondary N) is 1. The van der Waals surface area contributed by atoms with Crippen molar-refractivity contribution in [1.82, 2.24) is 5.32 Å². The fourth-order valence-electron chi connectivity index (χ4n) is 1.64. The fraction of sp³-hybridized carbons (Fsp3) is 0.429. The maximum Gasteiger partial charge on any atom is 0.320 e. The van der Waals surface area contributed by atoms with E-state index < -0.39 is 12.0 Å². The average molecular weight is 368 g/mol. The molecule has 0 bridgehead atoms. The molecule has 0 unspecified atom stereocenters. The van der Waals surface area contributed by atoms with Crippen molar-refractivity contribution in [2.24, 2.45) is 0 Å². The smallest absolute Gasteiger partial charge is 0.320 e. The molecule has 0 saturated heterocycles. The van der Waals surface area contributed by atoms with E-state index in [1.54, 1.807) is 43.1 Å². The van der Waals surface area contributed by atoms with Gasteiger partial charge < -0.3 is 9.84 Å². The van der Waals surface area contributed by atoms with Gasteiger partial charge in [-0.3, -0.25) is 14.9 Å². The van der Waals surface area contributed by atoms with Crippen molar-refractivity contribution in [1.29, 1.82) is 0 Å². The van der Waals surface area contributed by atoms with Crippen LogP contribution in [-0.4, -0.2) is 48.6 Å². The third kappa shape index (κ3) is 7.93. The van der Waals surface area contributed by atoms with Crippen LogP contribution in [0.25, 0.3) is 0 Å². The van der Waals surface area contributed by atoms with E-state index in [0.717, 1.165) is 5.75 Å². The molecule has 126 valence electrons. The van der Waals surface area contributed by atoms with Gasteiger partial charge in [0.2, 0.25) is 0 Å². The number of hydrogen-bond donors (Lipinski definition) is 2. The standard InChI is InChI=1S/C14H19NO4S.ClH.H2S/c1-19-11-5-3-10(4-6-11)13(16)9-15-12(14(17)18)7-8-20-2;;/h3-6,12,15H,7-9H2,1-2H3,(H,17,18);1H;1H2/t12-;;/m0../s1. The van der Waals surface area contributed by atoms with Gasteiger partial charge in [-0.25, -0.2) is 0 Å². The minimum Gasteiger partial charge on any atom is -0.497 e. The second-order valence-corrected chi connectivity index (χ2v) is 5.19. The van der Waals surface area contributed by atoms with E-state index in [1.807, 2.05) is 6.26 Å². The summed E-state index contributed by atoms with van der Waals surface area (Å²) in [6.45, 7) is 0.0116. The molecule has 0 spiro atoms. The molecule has 1 atom stereocenters. The number of carbonyl (C=O) groups is 2. The lowest BCUT2D eigenvalue weighted by Crippen LogP contribution is -2.40. The summed E-state index contributed by atoms with van der Waals surface area (Å²) in [6, 6.07) is 6.05. The van der Waals surface area contributed by atoms with E-state index in [-0.39, 0.29) is 38.2 Å². The quantitative estimate of drug-likeness (QED) is 0.652. The topological polar surface area (TPSA) is 75.6 Å². The Bertz CT molecular complexity index is 457. The van der Waals surface area contributed by atoms with E-state index in [2.05, 4.69) is 5.32 Å². The molecule has 0 amide bonds. The molecule has 0 fully saturated rings. The second-order valence-electron chi connectivity index (χ2n) is 4.20. The number of rotatable bonds is 9. The molecule has 8 heteroatoms. The van der Waals surface area contributed by atoms with E-state index >= 15 is 0 Å². The maximum atomic E-state index is 11.9. The number of benzene rings is 1. The van der Waals surface area contributed by atoms with Crippen molar-refractivity contribution in [3.8, 4) is 5.75 Å². The predicted octanol–water partition coefficient (Wildman–Crippen LogP) is 2.21. The Morgan fingerprint density at radius 1 is 1.32 bits per heavy atom. The highest BCUT2D eigenvalue weighted by Gasteiger charge is 2.17. The van der Waals surface area contributed by atoms with Gasteiger partial charge in [0.05, 0.1) is 13.7 Å². The Morgan fingerprint density at radius 2 is 1.91 bits per heavy atom. The van der Waals surface area contributed by atoms with Gasteiger partial charge >= 0.3 is 5.97 Å². The monoisotopic (exact) mass is 367 g/mol. The molecule has 0 radical (unpaired) electrons. The van der Waals surface area contributed by atoms with Crippen LogP contribution >= 0.6 is 37.7 Å². The van der Waals surface area contributed by atoms with Crippen molar-refractivity contribution in [2.75, 3.05) is 25.7 Å². The third-order valence-corrected chi connectivity index (χ3v) is 3.47. The molecule has 22 heavy (non-hydrogen) atoms. The summed E-state index contributed by atoms with van der Waals surface area (Å²) in [5.41, 5.74) is 0.535. The molecule has 1 aromatic carbocycles. The van der Waals surface area contributed by atoms with Crippen molar-refractivity contribution in [2.45, 2.75) is 12.5 Å². The molecular weight excluding hydrogens is 346 g/mol. The molecule has 0 aromatic heterocycles. The van der Waals surface area contributed by atoms with Gasteiger partial charge in [-0.2, -0.15) is 25.3 Å². The van der Waals surface area contributed by atoms with Crippen LogP contribution in [0, 0.1) is 0 Å². The summed E-state index contributed by atoms with van der Waals surface area (Å²) in [5, 5.41) is 11.8. The Morgan fingerprint density at radius 3 is 2.36 bits per heavy atom. The van der Waals surface area contributed by atoms with Crippen molar-refractivity contribution in [3.63, 3.8) is 0 Å². The number of carbonyl (C=O) groups excluding carboxylic acids is 1. The van der Waals surface area contributed by atoms with Crippen molar-refractivity contribution in [3.05, 3.63) is 29.8 Å². The number of aliphatic carboxylic acids is 1. The molecule has 0 aliphatic rings. The number of carboxylic acids is 1. The number of methoxy groups -OCH3 is 1. The molecule has 2 N–H and O–H groups in total. The fourth-order valence-corrected chi connectivity index (χ4v) is 2.11. The molecular formula is C14H22ClNO4S2. The average Bonchev–Trinajstić information content (AvgIpc) is 2.46. The highest BCUT2D eigenvalue weighted by molar-refractivity contribution is 7.98. The second kappa shape index (κ2) is 12.6. The zero-order valence-corrected chi connectivity index (χ0v) is 15.1. The van der Waals surface area contributed by atoms with E-state index in [9.17, 15) is 9.59 Å². The van der Waals surface area contributed by atoms with E-state index in [4.69, 9.17) is 9.84 Å². The molecule has 5 nitrogen and oxygen atoms in total. The maximum absolute atomic E-state index is 11.9. The number of hydrogen-bond acceptors (Lipinski definition) is 5. The van der Waals surface area contributed by atoms with Crippen LogP contribution < -0.4 is 10.1 Å². The van der Waals surface area contributed by atoms with Gasteiger partial charge in [0.15, 0.2) is 5.78 Å². The summed E-state index contributed by atoms with van der Waals surface area (Å²) in [6.07, 6.45) is 2.41. The summed E-state index contributed by atoms with van der Waals surface area (Å²) in [4.78, 5) is 23.0. The van der Waals surface area contributed by atoms with Crippen LogP contribution in [0.4, 0.5) is 0 Å². The Balaban J connectivity index is 0. The first-order chi connectivity index (χ1) is 9.58. The molecule has 1 aromatic rings. The SMILES string of the molecule is COc1ccc(C(=O)CN[C@@H](CCSC)C(=O)O)cc1.Cl.S. The third-order valence-electron chi connectivity index (χ3n) is 2.83. The van der Waals surface area contributed by atoms with Crippen LogP contribution in [0.15, 0.2) is 24.3 Å². The van der Waals surface area contributed by atoms with Crippen LogP contribution in [0.3, 0.4) is 0 Å². The Labute approximate surface area is 148 Å². The molecule has 0 aliphatic carbocycles. The van der Waals surface area contributed by atoms with Crippen molar-refractivity contribution >= 4 is 49.4 Å². The zero-order valence-electron chi connectivity index (χ0n) is 12.5. The van der Waals surface area contributed by atoms with Crippen LogP contribution in [0.1, 0.15) is 16.8 Å². The number of carboxylic acid groups (broad SMARTS) is 1. The lowest BCUT2D eigenvalue weighted by molar-refractivity contribution is -0.139. The molecule has 0 heterocycles. The van der Waals surface area contributed by atoms with Crippen molar-refractivity contribution < 1.29 is 19.4 Å². The summed E-state index contributed by atoms with van der Waals surface area (Å²) in [7, 11) is 1.56. The molecule has 0 aliphatic heterocycles. The summed E-state index contributed by atoms with van der Waals surface area (Å²) in [5.74, 6) is 0.350. The van der Waals surface area contributed by atoms with Gasteiger partial charge in [-0.1, -0.05) is 0 Å². The normalized spacial score (nSPS) is 10.8. The van der Waals surface area contributed by atoms with Gasteiger partial charge in [0.1, 0.15) is 11.8 Å². The van der Waals surface area contributed by atoms with Gasteiger partial charge in [0, 0.05) is 5.56 Å². The zero-order chi connectivity index (χ0) is 15.0. The Hall–Kier alpha value is -0.890. The van der Waals surface area contributed by atoms with Gasteiger partial charge in [-0.15, -0.1) is 12.4 Å². The summed E-state index contributed by atoms with van der Waals surface area (Å²) < 4.78 is 5.02. The first kappa shape index (κ1) is 23.4. The first-order valence-electron chi connectivity index (χ1n) is 6.21. The number of ketones is 1. The van der Waals surface area contributed by atoms with Crippen LogP contribution in [0.5, 0.6) is 5.75 Å². The highest BCUT2D eigenvalue weighted by atomic mass is 35.5. The largest absolute Gasteiger partial charge is 0.497 e. The number of ether oxygens (including phenoxy) is 1. The first-order valence-corrected chi connectivity index (χ1v) is 7.60.